The zero-order valence-electron chi connectivity index (χ0n) is 4.30. The molecule has 0 aromatic rings. The van der Waals surface area contributed by atoms with Crippen LogP contribution in [0.25, 0.3) is 0 Å². The van der Waals surface area contributed by atoms with Crippen LogP contribution in [-0.2, 0) is 9.59 Å². The van der Waals surface area contributed by atoms with Gasteiger partial charge in [-0.3, -0.25) is 4.79 Å². The van der Waals surface area contributed by atoms with Crippen LogP contribution in [-0.4, -0.2) is 23.2 Å². The summed E-state index contributed by atoms with van der Waals surface area (Å²) in [5.74, 6) is -0.798. The van der Waals surface area contributed by atoms with E-state index >= 15 is 0 Å². The fourth-order valence-electron chi connectivity index (χ4n) is 0.181. The number of hydrogen-bond donors (Lipinski definition) is 0. The van der Waals surface area contributed by atoms with Crippen molar-refractivity contribution in [2.45, 2.75) is 5.38 Å². The topological polar surface area (TPSA) is 46.5 Å². The van der Waals surface area contributed by atoms with E-state index in [1.807, 2.05) is 0 Å². The molecule has 5 heteroatoms. The molecule has 50 valence electrons. The number of halogens is 2. The average molecular weight is 168 g/mol. The highest BCUT2D eigenvalue weighted by Crippen LogP contribution is 1.99. The zero-order chi connectivity index (χ0) is 7.28. The molecule has 0 aromatic carbocycles. The van der Waals surface area contributed by atoms with Gasteiger partial charge in [-0.15, -0.1) is 28.2 Å². The molecule has 1 amide bonds. The lowest BCUT2D eigenvalue weighted by Gasteiger charge is -1.93. The average Bonchev–Trinajstić information content (AvgIpc) is 1.87. The van der Waals surface area contributed by atoms with E-state index in [9.17, 15) is 9.59 Å². The minimum absolute atomic E-state index is 0.0500. The molecule has 1 unspecified atom stereocenters. The van der Waals surface area contributed by atoms with Crippen LogP contribution >= 0.6 is 23.2 Å². The second-order valence-corrected chi connectivity index (χ2v) is 2.00. The Labute approximate surface area is 61.7 Å². The van der Waals surface area contributed by atoms with E-state index in [0.717, 1.165) is 6.08 Å². The van der Waals surface area contributed by atoms with Crippen molar-refractivity contribution in [3.05, 3.63) is 0 Å². The van der Waals surface area contributed by atoms with E-state index < -0.39 is 11.3 Å². The van der Waals surface area contributed by atoms with Gasteiger partial charge in [0.2, 0.25) is 6.08 Å². The highest BCUT2D eigenvalue weighted by molar-refractivity contribution is 6.36. The van der Waals surface area contributed by atoms with E-state index in [1.54, 1.807) is 0 Å². The first-order chi connectivity index (χ1) is 4.22. The molecule has 1 atom stereocenters. The fraction of sp³-hybridized carbons (Fsp3) is 0.500. The van der Waals surface area contributed by atoms with Crippen molar-refractivity contribution >= 4 is 35.2 Å². The highest BCUT2D eigenvalue weighted by Gasteiger charge is 2.11. The molecule has 3 nitrogen and oxygen atoms in total. The summed E-state index contributed by atoms with van der Waals surface area (Å²) in [6.45, 7) is 0. The van der Waals surface area contributed by atoms with Crippen LogP contribution in [0.5, 0.6) is 0 Å². The van der Waals surface area contributed by atoms with Crippen LogP contribution < -0.4 is 0 Å². The predicted octanol–water partition coefficient (Wildman–Crippen LogP) is 0.695. The Morgan fingerprint density at radius 1 is 1.78 bits per heavy atom. The van der Waals surface area contributed by atoms with Crippen molar-refractivity contribution in [3.8, 4) is 0 Å². The summed E-state index contributed by atoms with van der Waals surface area (Å²) in [5.41, 5.74) is 0. The molecule has 0 fully saturated rings. The van der Waals surface area contributed by atoms with Gasteiger partial charge in [0.1, 0.15) is 5.38 Å². The molecule has 0 saturated carbocycles. The molecule has 0 heterocycles. The van der Waals surface area contributed by atoms with Gasteiger partial charge in [-0.2, -0.15) is 0 Å². The summed E-state index contributed by atoms with van der Waals surface area (Å²) in [5, 5.41) is -0.909. The third-order valence-corrected chi connectivity index (χ3v) is 1.37. The molecule has 0 aliphatic heterocycles. The first-order valence-electron chi connectivity index (χ1n) is 2.04. The van der Waals surface area contributed by atoms with Gasteiger partial charge in [0.15, 0.2) is 0 Å². The van der Waals surface area contributed by atoms with Crippen molar-refractivity contribution in [1.29, 1.82) is 0 Å². The Kier molecular flexibility index (Phi) is 4.32. The van der Waals surface area contributed by atoms with Gasteiger partial charge in [-0.05, 0) is 0 Å². The summed E-state index contributed by atoms with van der Waals surface area (Å²) in [7, 11) is 0. The molecule has 0 saturated heterocycles. The molecule has 0 aromatic heterocycles. The third-order valence-electron chi connectivity index (χ3n) is 0.559. The highest BCUT2D eigenvalue weighted by atomic mass is 35.5. The third kappa shape index (κ3) is 3.25. The number of isocyanates is 1. The van der Waals surface area contributed by atoms with Crippen molar-refractivity contribution in [1.82, 2.24) is 0 Å². The number of hydrogen-bond acceptors (Lipinski definition) is 2. The summed E-state index contributed by atoms with van der Waals surface area (Å²) in [6, 6.07) is 0. The van der Waals surface area contributed by atoms with Gasteiger partial charge >= 0.3 is 0 Å². The summed E-state index contributed by atoms with van der Waals surface area (Å²) >= 11 is 10.4. The van der Waals surface area contributed by atoms with Crippen LogP contribution in [0.15, 0.2) is 4.99 Å². The Balaban J connectivity index is 3.87. The lowest BCUT2D eigenvalue weighted by atomic mass is 10.5. The second-order valence-electron chi connectivity index (χ2n) is 1.16. The number of alkyl halides is 2. The number of aliphatic imine (C=N–C) groups is 1. The minimum Gasteiger partial charge on any atom is -0.270 e. The first-order valence-corrected chi connectivity index (χ1v) is 3.01. The second kappa shape index (κ2) is 4.50. The molecule has 0 N–H and O–H groups in total. The lowest BCUT2D eigenvalue weighted by molar-refractivity contribution is -0.117. The van der Waals surface area contributed by atoms with Crippen LogP contribution in [0.3, 0.4) is 0 Å². The zero-order valence-corrected chi connectivity index (χ0v) is 5.82. The summed E-state index contributed by atoms with van der Waals surface area (Å²) < 4.78 is 0. The van der Waals surface area contributed by atoms with Crippen molar-refractivity contribution in [2.24, 2.45) is 4.99 Å². The standard InChI is InChI=1S/C4H3Cl2NO2/c5-1-3(6)4(9)7-2-8/h3H,1H2. The molecule has 0 aliphatic carbocycles. The SMILES string of the molecule is O=C=NC(=O)C(Cl)CCl. The minimum atomic E-state index is -0.909. The van der Waals surface area contributed by atoms with Crippen LogP contribution in [0, 0.1) is 0 Å². The molecule has 0 bridgehead atoms. The quantitative estimate of drug-likeness (QED) is 0.346. The smallest absolute Gasteiger partial charge is 0.270 e. The Hall–Kier alpha value is -0.370. The number of carbonyl (C=O) groups is 1. The largest absolute Gasteiger partial charge is 0.275 e. The number of nitrogens with zero attached hydrogens (tertiary/aromatic N) is 1. The van der Waals surface area contributed by atoms with E-state index in [2.05, 4.69) is 4.99 Å². The Morgan fingerprint density at radius 2 is 2.33 bits per heavy atom. The normalized spacial score (nSPS) is 11.8. The number of rotatable bonds is 2. The molecule has 9 heavy (non-hydrogen) atoms. The first kappa shape index (κ1) is 8.63. The Morgan fingerprint density at radius 3 is 2.67 bits per heavy atom. The molecule has 0 spiro atoms. The van der Waals surface area contributed by atoms with Gasteiger partial charge in [-0.1, -0.05) is 0 Å². The number of amides is 1. The van der Waals surface area contributed by atoms with E-state index in [1.165, 1.54) is 0 Å². The lowest BCUT2D eigenvalue weighted by Crippen LogP contribution is -2.12. The van der Waals surface area contributed by atoms with Crippen LogP contribution in [0.1, 0.15) is 0 Å². The van der Waals surface area contributed by atoms with Gasteiger partial charge in [-0.25, -0.2) is 4.79 Å². The van der Waals surface area contributed by atoms with E-state index in [0.29, 0.717) is 0 Å². The van der Waals surface area contributed by atoms with E-state index in [4.69, 9.17) is 23.2 Å². The van der Waals surface area contributed by atoms with Crippen molar-refractivity contribution in [2.75, 3.05) is 5.88 Å². The monoisotopic (exact) mass is 167 g/mol. The maximum atomic E-state index is 10.3. The summed E-state index contributed by atoms with van der Waals surface area (Å²) in [6.07, 6.45) is 1.07. The number of carbonyl (C=O) groups excluding carboxylic acids is 2. The molecular formula is C4H3Cl2NO2. The van der Waals surface area contributed by atoms with Crippen molar-refractivity contribution < 1.29 is 9.59 Å². The maximum Gasteiger partial charge on any atom is 0.275 e. The van der Waals surface area contributed by atoms with Gasteiger partial charge in [0.25, 0.3) is 5.91 Å². The summed E-state index contributed by atoms with van der Waals surface area (Å²) in [4.78, 5) is 22.5. The van der Waals surface area contributed by atoms with Crippen molar-refractivity contribution in [3.63, 3.8) is 0 Å². The molecule has 0 rings (SSSR count). The Bertz CT molecular complexity index is 153. The molecular weight excluding hydrogens is 165 g/mol. The van der Waals surface area contributed by atoms with Gasteiger partial charge in [0, 0.05) is 5.88 Å². The van der Waals surface area contributed by atoms with Crippen LogP contribution in [0.4, 0.5) is 0 Å². The van der Waals surface area contributed by atoms with Gasteiger partial charge in [0.05, 0.1) is 0 Å². The predicted molar refractivity (Wildman–Crippen MR) is 33.5 cm³/mol. The van der Waals surface area contributed by atoms with Crippen LogP contribution in [0.2, 0.25) is 0 Å². The van der Waals surface area contributed by atoms with E-state index in [-0.39, 0.29) is 5.88 Å². The fourth-order valence-corrected chi connectivity index (χ4v) is 0.362. The molecule has 0 aliphatic rings. The van der Waals surface area contributed by atoms with Gasteiger partial charge < -0.3 is 0 Å². The maximum absolute atomic E-state index is 10.3. The molecule has 0 radical (unpaired) electrons.